The van der Waals surface area contributed by atoms with Gasteiger partial charge in [0.15, 0.2) is 17.8 Å². The Balaban J connectivity index is 1.53. The molecule has 0 saturated heterocycles. The number of hydrogen-bond donors (Lipinski definition) is 1. The maximum Gasteiger partial charge on any atom is 0.387 e. The zero-order valence-corrected chi connectivity index (χ0v) is 19.1. The van der Waals surface area contributed by atoms with Crippen LogP contribution in [0.25, 0.3) is 22.2 Å². The average molecular weight is 496 g/mol. The van der Waals surface area contributed by atoms with Crippen LogP contribution in [0.5, 0.6) is 5.75 Å². The van der Waals surface area contributed by atoms with Gasteiger partial charge >= 0.3 is 12.6 Å². The zero-order chi connectivity index (χ0) is 25.4. The molecule has 1 N–H and O–H groups in total. The zero-order valence-electron chi connectivity index (χ0n) is 19.1. The number of benzene rings is 2. The van der Waals surface area contributed by atoms with Gasteiger partial charge in [-0.1, -0.05) is 6.07 Å². The van der Waals surface area contributed by atoms with E-state index in [4.69, 9.17) is 9.47 Å². The molecule has 0 fully saturated rings. The molecule has 2 aromatic carbocycles. The smallest absolute Gasteiger partial charge is 0.387 e. The van der Waals surface area contributed by atoms with E-state index in [1.165, 1.54) is 36.7 Å². The molecular formula is C25H19F3N4O4. The van der Waals surface area contributed by atoms with Crippen LogP contribution in [0.3, 0.4) is 0 Å². The molecule has 0 aliphatic carbocycles. The van der Waals surface area contributed by atoms with E-state index in [1.807, 2.05) is 0 Å². The van der Waals surface area contributed by atoms with Gasteiger partial charge in [-0.2, -0.15) is 8.78 Å². The number of rotatable bonds is 4. The predicted octanol–water partition coefficient (Wildman–Crippen LogP) is 4.67. The maximum atomic E-state index is 15.1. The van der Waals surface area contributed by atoms with Gasteiger partial charge in [-0.25, -0.2) is 24.1 Å². The first-order valence-corrected chi connectivity index (χ1v) is 11.2. The van der Waals surface area contributed by atoms with E-state index >= 15 is 4.39 Å². The molecule has 2 aromatic heterocycles. The second kappa shape index (κ2) is 7.76. The van der Waals surface area contributed by atoms with Crippen molar-refractivity contribution in [3.63, 3.8) is 0 Å². The predicted molar refractivity (Wildman–Crippen MR) is 120 cm³/mol. The van der Waals surface area contributed by atoms with Crippen LogP contribution in [-0.2, 0) is 10.3 Å². The number of ether oxygens (including phenoxy) is 2. The topological polar surface area (TPSA) is 99.4 Å². The molecule has 0 saturated carbocycles. The van der Waals surface area contributed by atoms with E-state index in [9.17, 15) is 18.7 Å². The Bertz CT molecular complexity index is 1530. The number of halogens is 3. The van der Waals surface area contributed by atoms with Crippen LogP contribution in [0.15, 0.2) is 42.7 Å². The highest BCUT2D eigenvalue weighted by molar-refractivity contribution is 5.93. The summed E-state index contributed by atoms with van der Waals surface area (Å²) < 4.78 is 53.7. The lowest BCUT2D eigenvalue weighted by Gasteiger charge is -2.20. The summed E-state index contributed by atoms with van der Waals surface area (Å²) in [6.07, 6.45) is 2.38. The number of imidazole rings is 1. The van der Waals surface area contributed by atoms with Crippen molar-refractivity contribution in [3.8, 4) is 16.9 Å². The summed E-state index contributed by atoms with van der Waals surface area (Å²) in [5, 5.41) is 10.1. The molecular weight excluding hydrogens is 477 g/mol. The first-order chi connectivity index (χ1) is 17.1. The van der Waals surface area contributed by atoms with Gasteiger partial charge in [-0.05, 0) is 32.0 Å². The maximum absolute atomic E-state index is 15.1. The average Bonchev–Trinajstić information content (AvgIpc) is 3.29. The van der Waals surface area contributed by atoms with Crippen LogP contribution in [-0.4, -0.2) is 37.2 Å². The lowest BCUT2D eigenvalue weighted by atomic mass is 9.97. The van der Waals surface area contributed by atoms with E-state index < -0.39 is 36.1 Å². The molecule has 11 heteroatoms. The summed E-state index contributed by atoms with van der Waals surface area (Å²) in [5.74, 6) is -0.774. The van der Waals surface area contributed by atoms with E-state index in [2.05, 4.69) is 15.0 Å². The third kappa shape index (κ3) is 3.41. The summed E-state index contributed by atoms with van der Waals surface area (Å²) in [6, 6.07) is 6.58. The Morgan fingerprint density at radius 2 is 1.94 bits per heavy atom. The first kappa shape index (κ1) is 22.5. The van der Waals surface area contributed by atoms with Crippen molar-refractivity contribution in [1.82, 2.24) is 19.5 Å². The monoisotopic (exact) mass is 496 g/mol. The number of hydrogen-bond acceptors (Lipinski definition) is 7. The fourth-order valence-electron chi connectivity index (χ4n) is 4.91. The third-order valence-corrected chi connectivity index (χ3v) is 6.44. The summed E-state index contributed by atoms with van der Waals surface area (Å²) >= 11 is 0. The lowest BCUT2D eigenvalue weighted by Crippen LogP contribution is -2.19. The Labute approximate surface area is 202 Å². The molecule has 4 aromatic rings. The molecule has 2 atom stereocenters. The minimum Gasteiger partial charge on any atom is -0.450 e. The van der Waals surface area contributed by atoms with Gasteiger partial charge in [0.05, 0.1) is 22.6 Å². The van der Waals surface area contributed by atoms with Crippen molar-refractivity contribution >= 4 is 17.0 Å². The normalized spacial score (nSPS) is 18.7. The second-order valence-corrected chi connectivity index (χ2v) is 9.26. The number of esters is 1. The molecule has 0 amide bonds. The molecule has 8 nitrogen and oxygen atoms in total. The molecule has 36 heavy (non-hydrogen) atoms. The fourth-order valence-corrected chi connectivity index (χ4v) is 4.91. The van der Waals surface area contributed by atoms with Crippen molar-refractivity contribution in [2.75, 3.05) is 0 Å². The number of nitrogens with zero attached hydrogens (tertiary/aromatic N) is 4. The Morgan fingerprint density at radius 3 is 2.64 bits per heavy atom. The first-order valence-electron chi connectivity index (χ1n) is 11.2. The lowest BCUT2D eigenvalue weighted by molar-refractivity contribution is -0.0507. The Kier molecular flexibility index (Phi) is 4.84. The highest BCUT2D eigenvalue weighted by Crippen LogP contribution is 2.49. The van der Waals surface area contributed by atoms with Crippen molar-refractivity contribution in [1.29, 1.82) is 0 Å². The second-order valence-electron chi connectivity index (χ2n) is 9.26. The van der Waals surface area contributed by atoms with Crippen LogP contribution >= 0.6 is 0 Å². The number of alkyl halides is 2. The number of aromatic nitrogens is 4. The van der Waals surface area contributed by atoms with E-state index in [0.29, 0.717) is 22.4 Å². The highest BCUT2D eigenvalue weighted by atomic mass is 19.3. The van der Waals surface area contributed by atoms with Crippen molar-refractivity contribution in [2.24, 2.45) is 0 Å². The van der Waals surface area contributed by atoms with Gasteiger partial charge in [0.1, 0.15) is 17.2 Å². The summed E-state index contributed by atoms with van der Waals surface area (Å²) in [7, 11) is 0. The SMILES string of the molecule is CC(C)(O)c1ncc(-c2cc3c(cc2F)nc2n3C3C[C@H]2OC(=O)c2cccc(OC(F)F)c23)cn1. The number of carbonyl (C=O) groups excluding carboxylic acids is 1. The van der Waals surface area contributed by atoms with E-state index in [1.54, 1.807) is 24.5 Å². The van der Waals surface area contributed by atoms with Gasteiger partial charge in [0.2, 0.25) is 0 Å². The van der Waals surface area contributed by atoms with Gasteiger partial charge in [0.25, 0.3) is 0 Å². The van der Waals surface area contributed by atoms with Gasteiger partial charge in [-0.3, -0.25) is 0 Å². The van der Waals surface area contributed by atoms with E-state index in [-0.39, 0.29) is 34.7 Å². The van der Waals surface area contributed by atoms with E-state index in [0.717, 1.165) is 0 Å². The molecule has 0 spiro atoms. The fraction of sp³-hybridized carbons (Fsp3) is 0.280. The number of aliphatic hydroxyl groups is 1. The summed E-state index contributed by atoms with van der Waals surface area (Å²) in [4.78, 5) is 25.6. The minimum atomic E-state index is -3.08. The van der Waals surface area contributed by atoms with Crippen molar-refractivity contribution in [2.45, 2.75) is 44.6 Å². The molecule has 184 valence electrons. The van der Waals surface area contributed by atoms with Gasteiger partial charge in [-0.15, -0.1) is 0 Å². The number of fused-ring (bicyclic) bond motifs is 9. The third-order valence-electron chi connectivity index (χ3n) is 6.44. The quantitative estimate of drug-likeness (QED) is 0.410. The molecule has 2 aliphatic rings. The molecule has 1 unspecified atom stereocenters. The summed E-state index contributed by atoms with van der Waals surface area (Å²) in [6.45, 7) is 0.00252. The molecule has 2 bridgehead atoms. The van der Waals surface area contributed by atoms with Crippen molar-refractivity contribution in [3.05, 3.63) is 71.3 Å². The largest absolute Gasteiger partial charge is 0.450 e. The highest BCUT2D eigenvalue weighted by Gasteiger charge is 2.44. The Hall–Kier alpha value is -3.99. The van der Waals surface area contributed by atoms with Crippen LogP contribution in [0, 0.1) is 5.82 Å². The van der Waals surface area contributed by atoms with Gasteiger partial charge < -0.3 is 19.1 Å². The number of carbonyl (C=O) groups is 1. The van der Waals surface area contributed by atoms with Crippen LogP contribution in [0.2, 0.25) is 0 Å². The molecule has 2 aliphatic heterocycles. The summed E-state index contributed by atoms with van der Waals surface area (Å²) in [5.41, 5.74) is 0.563. The van der Waals surface area contributed by atoms with Crippen LogP contribution in [0.1, 0.15) is 60.0 Å². The minimum absolute atomic E-state index is 0.127. The van der Waals surface area contributed by atoms with Crippen LogP contribution in [0.4, 0.5) is 13.2 Å². The molecule has 4 heterocycles. The van der Waals surface area contributed by atoms with Gasteiger partial charge in [0, 0.05) is 41.6 Å². The standard InChI is InChI=1S/C25H19F3N4O4/c1-25(2,34)23-29-9-11(10-30-23)13-6-16-15(7-14(13)26)31-21-19-8-17(32(16)21)20-12(22(33)35-19)4-3-5-18(20)36-24(27)28/h3-7,9-10,17,19,24,34H,8H2,1-2H3/t17?,19-/m1/s1. The molecule has 0 radical (unpaired) electrons. The Morgan fingerprint density at radius 1 is 1.19 bits per heavy atom. The van der Waals surface area contributed by atoms with Crippen molar-refractivity contribution < 1.29 is 32.5 Å². The molecule has 6 rings (SSSR count). The van der Waals surface area contributed by atoms with Crippen LogP contribution < -0.4 is 4.74 Å².